The lowest BCUT2D eigenvalue weighted by Crippen LogP contribution is -2.00. The molecule has 0 aromatic carbocycles. The first-order chi connectivity index (χ1) is 8.11. The van der Waals surface area contributed by atoms with Gasteiger partial charge >= 0.3 is 0 Å². The van der Waals surface area contributed by atoms with Crippen LogP contribution in [0.25, 0.3) is 0 Å². The van der Waals surface area contributed by atoms with E-state index in [-0.39, 0.29) is 11.6 Å². The largest absolute Gasteiger partial charge is 0.419 e. The summed E-state index contributed by atoms with van der Waals surface area (Å²) in [6.45, 7) is 1.86. The number of hydrogen-bond donors (Lipinski definition) is 1. The third kappa shape index (κ3) is 2.03. The second-order valence-corrected chi connectivity index (χ2v) is 3.54. The monoisotopic (exact) mass is 229 g/mol. The van der Waals surface area contributed by atoms with Crippen LogP contribution in [0.1, 0.15) is 11.3 Å². The minimum atomic E-state index is 0.215. The van der Waals surface area contributed by atoms with Gasteiger partial charge in [0.2, 0.25) is 11.8 Å². The van der Waals surface area contributed by atoms with Crippen molar-refractivity contribution >= 4 is 5.69 Å². The lowest BCUT2D eigenvalue weighted by Gasteiger charge is -2.07. The molecule has 0 saturated carbocycles. The summed E-state index contributed by atoms with van der Waals surface area (Å²) in [5.41, 5.74) is 7.16. The van der Waals surface area contributed by atoms with Crippen molar-refractivity contribution in [3.8, 4) is 17.8 Å². The Labute approximate surface area is 98.3 Å². The molecule has 0 spiro atoms. The molecule has 2 aromatic heterocycles. The molecule has 86 valence electrons. The fourth-order valence-corrected chi connectivity index (χ4v) is 1.41. The highest BCUT2D eigenvalue weighted by Crippen LogP contribution is 2.27. The molecule has 6 nitrogen and oxygen atoms in total. The van der Waals surface area contributed by atoms with Gasteiger partial charge < -0.3 is 10.5 Å². The molecule has 0 atom stereocenters. The van der Waals surface area contributed by atoms with E-state index in [0.29, 0.717) is 11.4 Å². The summed E-state index contributed by atoms with van der Waals surface area (Å²) < 4.78 is 7.10. The third-order valence-electron chi connectivity index (χ3n) is 2.23. The van der Waals surface area contributed by atoms with Crippen molar-refractivity contribution in [1.82, 2.24) is 14.8 Å². The molecular weight excluding hydrogens is 218 g/mol. The lowest BCUT2D eigenvalue weighted by atomic mass is 10.2. The molecule has 0 aliphatic rings. The Morgan fingerprint density at radius 2 is 2.29 bits per heavy atom. The summed E-state index contributed by atoms with van der Waals surface area (Å²) >= 11 is 0. The fourth-order valence-electron chi connectivity index (χ4n) is 1.41. The number of pyridine rings is 1. The molecule has 17 heavy (non-hydrogen) atoms. The second-order valence-electron chi connectivity index (χ2n) is 3.54. The van der Waals surface area contributed by atoms with Gasteiger partial charge in [-0.3, -0.25) is 0 Å². The summed E-state index contributed by atoms with van der Waals surface area (Å²) in [6, 6.07) is 5.28. The molecule has 0 fully saturated rings. The van der Waals surface area contributed by atoms with Crippen molar-refractivity contribution in [3.63, 3.8) is 0 Å². The molecule has 2 aromatic rings. The van der Waals surface area contributed by atoms with Gasteiger partial charge in [0.15, 0.2) is 0 Å². The van der Waals surface area contributed by atoms with Crippen LogP contribution in [0.2, 0.25) is 0 Å². The highest BCUT2D eigenvalue weighted by molar-refractivity contribution is 5.60. The van der Waals surface area contributed by atoms with Crippen LogP contribution in [0.5, 0.6) is 11.8 Å². The number of anilines is 1. The Morgan fingerprint density at radius 1 is 1.53 bits per heavy atom. The Balaban J connectivity index is 2.37. The highest BCUT2D eigenvalue weighted by Gasteiger charge is 2.11. The van der Waals surface area contributed by atoms with Crippen LogP contribution in [0.3, 0.4) is 0 Å². The quantitative estimate of drug-likeness (QED) is 0.839. The average molecular weight is 229 g/mol. The molecule has 2 N–H and O–H groups in total. The smallest absolute Gasteiger partial charge is 0.245 e. The molecular formula is C11H11N5O. The molecule has 2 rings (SSSR count). The predicted molar refractivity (Wildman–Crippen MR) is 61.4 cm³/mol. The van der Waals surface area contributed by atoms with Crippen LogP contribution in [0.15, 0.2) is 18.3 Å². The van der Waals surface area contributed by atoms with E-state index in [2.05, 4.69) is 10.1 Å². The van der Waals surface area contributed by atoms with Gasteiger partial charge in [-0.15, -0.1) is 0 Å². The van der Waals surface area contributed by atoms with Crippen LogP contribution >= 0.6 is 0 Å². The molecule has 2 heterocycles. The van der Waals surface area contributed by atoms with Crippen molar-refractivity contribution in [2.45, 2.75) is 6.92 Å². The SMILES string of the molecule is Cc1cc(Oc2nccc(C#N)c2N)n(C)n1. The van der Waals surface area contributed by atoms with E-state index in [1.807, 2.05) is 13.0 Å². The van der Waals surface area contributed by atoms with E-state index in [4.69, 9.17) is 15.7 Å². The van der Waals surface area contributed by atoms with E-state index in [0.717, 1.165) is 5.69 Å². The van der Waals surface area contributed by atoms with E-state index < -0.39 is 0 Å². The van der Waals surface area contributed by atoms with Gasteiger partial charge in [0.25, 0.3) is 0 Å². The van der Waals surface area contributed by atoms with Crippen LogP contribution < -0.4 is 10.5 Å². The van der Waals surface area contributed by atoms with Gasteiger partial charge in [-0.25, -0.2) is 9.67 Å². The van der Waals surface area contributed by atoms with E-state index >= 15 is 0 Å². The Bertz CT molecular complexity index is 596. The zero-order valence-electron chi connectivity index (χ0n) is 9.51. The zero-order chi connectivity index (χ0) is 12.4. The molecule has 0 saturated heterocycles. The Morgan fingerprint density at radius 3 is 2.88 bits per heavy atom. The predicted octanol–water partition coefficient (Wildman–Crippen LogP) is 1.37. The van der Waals surface area contributed by atoms with Crippen LogP contribution in [0, 0.1) is 18.3 Å². The van der Waals surface area contributed by atoms with Gasteiger partial charge in [-0.05, 0) is 13.0 Å². The number of aryl methyl sites for hydroxylation is 2. The van der Waals surface area contributed by atoms with Crippen molar-refractivity contribution in [1.29, 1.82) is 5.26 Å². The minimum Gasteiger partial charge on any atom is -0.419 e. The molecule has 6 heteroatoms. The number of hydrogen-bond acceptors (Lipinski definition) is 5. The van der Waals surface area contributed by atoms with Gasteiger partial charge in [0.1, 0.15) is 11.8 Å². The van der Waals surface area contributed by atoms with Crippen LogP contribution in [0.4, 0.5) is 5.69 Å². The first kappa shape index (κ1) is 11.0. The van der Waals surface area contributed by atoms with Crippen molar-refractivity contribution < 1.29 is 4.74 Å². The maximum Gasteiger partial charge on any atom is 0.245 e. The summed E-state index contributed by atoms with van der Waals surface area (Å²) in [5.74, 6) is 0.740. The molecule has 0 bridgehead atoms. The van der Waals surface area contributed by atoms with Crippen molar-refractivity contribution in [3.05, 3.63) is 29.6 Å². The van der Waals surface area contributed by atoms with Gasteiger partial charge in [-0.1, -0.05) is 0 Å². The number of aromatic nitrogens is 3. The normalized spacial score (nSPS) is 9.94. The Kier molecular flexibility index (Phi) is 2.66. The number of rotatable bonds is 2. The number of nitrogens with zero attached hydrogens (tertiary/aromatic N) is 4. The average Bonchev–Trinajstić information content (AvgIpc) is 2.60. The summed E-state index contributed by atoms with van der Waals surface area (Å²) in [4.78, 5) is 3.99. The van der Waals surface area contributed by atoms with Gasteiger partial charge in [0.05, 0.1) is 11.3 Å². The minimum absolute atomic E-state index is 0.215. The number of nitrogens with two attached hydrogens (primary N) is 1. The van der Waals surface area contributed by atoms with Crippen LogP contribution in [-0.2, 0) is 7.05 Å². The lowest BCUT2D eigenvalue weighted by molar-refractivity contribution is 0.417. The standard InChI is InChI=1S/C11H11N5O/c1-7-5-9(16(2)15-7)17-11-10(13)8(6-12)3-4-14-11/h3-5H,13H2,1-2H3. The molecule has 0 aliphatic carbocycles. The maximum absolute atomic E-state index is 8.84. The topological polar surface area (TPSA) is 89.7 Å². The molecule has 0 radical (unpaired) electrons. The summed E-state index contributed by atoms with van der Waals surface area (Å²) in [5, 5.41) is 13.0. The third-order valence-corrected chi connectivity index (χ3v) is 2.23. The van der Waals surface area contributed by atoms with Crippen LogP contribution in [-0.4, -0.2) is 14.8 Å². The molecule has 0 amide bonds. The van der Waals surface area contributed by atoms with E-state index in [1.54, 1.807) is 17.8 Å². The van der Waals surface area contributed by atoms with E-state index in [9.17, 15) is 0 Å². The van der Waals surface area contributed by atoms with Crippen molar-refractivity contribution in [2.75, 3.05) is 5.73 Å². The summed E-state index contributed by atoms with van der Waals surface area (Å²) in [7, 11) is 1.76. The number of nitrogen functional groups attached to an aromatic ring is 1. The zero-order valence-corrected chi connectivity index (χ0v) is 9.51. The Hall–Kier alpha value is -2.55. The van der Waals surface area contributed by atoms with Gasteiger partial charge in [-0.2, -0.15) is 10.4 Å². The van der Waals surface area contributed by atoms with Gasteiger partial charge in [0, 0.05) is 19.3 Å². The molecule has 0 aliphatic heterocycles. The van der Waals surface area contributed by atoms with E-state index in [1.165, 1.54) is 12.3 Å². The summed E-state index contributed by atoms with van der Waals surface area (Å²) in [6.07, 6.45) is 1.48. The second kappa shape index (κ2) is 4.14. The maximum atomic E-state index is 8.84. The number of ether oxygens (including phenoxy) is 1. The van der Waals surface area contributed by atoms with Crippen molar-refractivity contribution in [2.24, 2.45) is 7.05 Å². The first-order valence-corrected chi connectivity index (χ1v) is 4.95. The highest BCUT2D eigenvalue weighted by atomic mass is 16.5. The fraction of sp³-hybridized carbons (Fsp3) is 0.182. The number of nitriles is 1. The molecule has 0 unspecified atom stereocenters. The first-order valence-electron chi connectivity index (χ1n) is 4.95.